The molecule has 0 aliphatic heterocycles. The molecule has 6 rings (SSSR count). The molecule has 0 saturated carbocycles. The molecule has 0 amide bonds. The largest absolute Gasteiger partial charge is 0.463 e. The molecular weight excluding hydrogens is 564 g/mol. The predicted octanol–water partition coefficient (Wildman–Crippen LogP) is 9.26. The molecule has 1 aromatic heterocycles. The van der Waals surface area contributed by atoms with Crippen molar-refractivity contribution >= 4 is 72.4 Å². The van der Waals surface area contributed by atoms with Crippen molar-refractivity contribution in [1.29, 1.82) is 0 Å². The van der Waals surface area contributed by atoms with Gasteiger partial charge in [-0.25, -0.2) is 14.4 Å². The van der Waals surface area contributed by atoms with Crippen molar-refractivity contribution in [2.24, 2.45) is 0 Å². The Morgan fingerprint density at radius 3 is 1.78 bits per heavy atom. The Morgan fingerprint density at radius 2 is 1.24 bits per heavy atom. The van der Waals surface area contributed by atoms with E-state index >= 15 is 0 Å². The van der Waals surface area contributed by atoms with Crippen LogP contribution in [0.2, 0.25) is 0 Å². The van der Waals surface area contributed by atoms with E-state index in [1.165, 1.54) is 6.08 Å². The maximum Gasteiger partial charge on any atom is 0.344 e. The van der Waals surface area contributed by atoms with Gasteiger partial charge < -0.3 is 13.6 Å². The Balaban J connectivity index is 1.67. The van der Waals surface area contributed by atoms with Crippen LogP contribution in [0.3, 0.4) is 0 Å². The van der Waals surface area contributed by atoms with Crippen LogP contribution in [-0.2, 0) is 9.53 Å². The first kappa shape index (κ1) is 29.6. The van der Waals surface area contributed by atoms with Gasteiger partial charge in [-0.15, -0.1) is 0 Å². The summed E-state index contributed by atoms with van der Waals surface area (Å²) in [5, 5.41) is 4.91. The number of hydrogen-bond donors (Lipinski definition) is 0. The van der Waals surface area contributed by atoms with Crippen LogP contribution in [0.4, 0.5) is 0 Å². The van der Waals surface area contributed by atoms with Crippen molar-refractivity contribution < 1.29 is 18.4 Å². The smallest absolute Gasteiger partial charge is 0.344 e. The Bertz CT molecular complexity index is 2340. The Hall–Kier alpha value is -5.49. The van der Waals surface area contributed by atoms with E-state index in [-0.39, 0.29) is 16.7 Å². The van der Waals surface area contributed by atoms with E-state index in [9.17, 15) is 14.4 Å². The number of fused-ring (bicyclic) bond motifs is 8. The molecule has 0 aliphatic rings. The van der Waals surface area contributed by atoms with Gasteiger partial charge >= 0.3 is 17.2 Å². The number of benzene rings is 5. The molecule has 0 bridgehead atoms. The van der Waals surface area contributed by atoms with Crippen LogP contribution in [0.5, 0.6) is 0 Å². The maximum atomic E-state index is 13.5. The Kier molecular flexibility index (Phi) is 8.56. The summed E-state index contributed by atoms with van der Waals surface area (Å²) < 4.78 is 17.4. The minimum Gasteiger partial charge on any atom is -0.463 e. The summed E-state index contributed by atoms with van der Waals surface area (Å²) in [5.74, 6) is -0.386. The fourth-order valence-corrected chi connectivity index (χ4v) is 5.63. The highest BCUT2D eigenvalue weighted by atomic mass is 16.5. The highest BCUT2D eigenvalue weighted by Gasteiger charge is 2.13. The predicted molar refractivity (Wildman–Crippen MR) is 183 cm³/mol. The molecule has 0 aliphatic carbocycles. The van der Waals surface area contributed by atoms with Crippen molar-refractivity contribution in [3.8, 4) is 0 Å². The normalized spacial score (nSPS) is 11.8. The van der Waals surface area contributed by atoms with Crippen LogP contribution < -0.4 is 11.3 Å². The first-order valence-corrected chi connectivity index (χ1v) is 15.1. The minimum atomic E-state index is -0.654. The molecule has 45 heavy (non-hydrogen) atoms. The van der Waals surface area contributed by atoms with E-state index in [0.717, 1.165) is 51.9 Å². The molecule has 0 N–H and O–H groups in total. The van der Waals surface area contributed by atoms with E-state index in [1.54, 1.807) is 42.5 Å². The second-order valence-corrected chi connectivity index (χ2v) is 10.9. The summed E-state index contributed by atoms with van der Waals surface area (Å²) in [6.07, 6.45) is 10.1. The highest BCUT2D eigenvalue weighted by molar-refractivity contribution is 6.24. The summed E-state index contributed by atoms with van der Waals surface area (Å²) in [7, 11) is 0. The number of hydrogen-bond acceptors (Lipinski definition) is 6. The average molecular weight is 597 g/mol. The van der Waals surface area contributed by atoms with Crippen molar-refractivity contribution in [3.63, 3.8) is 0 Å². The van der Waals surface area contributed by atoms with Gasteiger partial charge in [0.05, 0.1) is 17.4 Å². The molecule has 0 radical (unpaired) electrons. The zero-order valence-electron chi connectivity index (χ0n) is 25.2. The summed E-state index contributed by atoms with van der Waals surface area (Å²) >= 11 is 0. The van der Waals surface area contributed by atoms with Gasteiger partial charge in [0.1, 0.15) is 11.2 Å². The van der Waals surface area contributed by atoms with Gasteiger partial charge in [-0.3, -0.25) is 0 Å². The quantitative estimate of drug-likeness (QED) is 0.104. The van der Waals surface area contributed by atoms with Crippen LogP contribution >= 0.6 is 0 Å². The molecule has 6 heteroatoms. The molecule has 0 fully saturated rings. The summed E-state index contributed by atoms with van der Waals surface area (Å²) in [5.41, 5.74) is 1.22. The van der Waals surface area contributed by atoms with Crippen LogP contribution in [0, 0.1) is 0 Å². The van der Waals surface area contributed by atoms with Gasteiger partial charge in [-0.2, -0.15) is 0 Å². The van der Waals surface area contributed by atoms with Crippen molar-refractivity contribution in [2.45, 2.75) is 33.1 Å². The number of unbranched alkanes of at least 4 members (excludes halogenated alkanes) is 2. The van der Waals surface area contributed by atoms with E-state index < -0.39 is 11.3 Å². The lowest BCUT2D eigenvalue weighted by molar-refractivity contribution is -0.137. The molecule has 0 saturated heterocycles. The molecule has 0 spiro atoms. The van der Waals surface area contributed by atoms with Gasteiger partial charge in [0.25, 0.3) is 0 Å². The SMILES string of the molecule is C/C=C/c1ccc2c(ccc3oc(=O)c4ccccc4c(=O)oc4ccc5cc(/C=C/C(=O)OCCCCC)ccc5c4c32)c1. The lowest BCUT2D eigenvalue weighted by Gasteiger charge is -2.09. The molecule has 6 nitrogen and oxygen atoms in total. The van der Waals surface area contributed by atoms with Crippen molar-refractivity contribution in [3.05, 3.63) is 129 Å². The molecule has 224 valence electrons. The number of allylic oxidation sites excluding steroid dienone is 1. The number of carbonyl (C=O) groups is 1. The van der Waals surface area contributed by atoms with Crippen LogP contribution in [-0.4, -0.2) is 12.6 Å². The molecule has 0 unspecified atom stereocenters. The Labute approximate surface area is 259 Å². The first-order valence-electron chi connectivity index (χ1n) is 15.1. The van der Waals surface area contributed by atoms with E-state index in [0.29, 0.717) is 28.5 Å². The second kappa shape index (κ2) is 13.0. The van der Waals surface area contributed by atoms with Crippen LogP contribution in [0.15, 0.2) is 116 Å². The van der Waals surface area contributed by atoms with Gasteiger partial charge in [-0.1, -0.05) is 80.4 Å². The summed E-state index contributed by atoms with van der Waals surface area (Å²) in [4.78, 5) is 39.2. The summed E-state index contributed by atoms with van der Waals surface area (Å²) in [6, 6.07) is 25.6. The molecule has 0 atom stereocenters. The fourth-order valence-electron chi connectivity index (χ4n) is 5.63. The third kappa shape index (κ3) is 6.13. The van der Waals surface area contributed by atoms with Crippen molar-refractivity contribution in [2.75, 3.05) is 6.61 Å². The van der Waals surface area contributed by atoms with Gasteiger partial charge in [0.2, 0.25) is 0 Å². The third-order valence-corrected chi connectivity index (χ3v) is 7.80. The van der Waals surface area contributed by atoms with E-state index in [2.05, 4.69) is 13.0 Å². The number of ether oxygens (including phenoxy) is 1. The topological polar surface area (TPSA) is 86.7 Å². The van der Waals surface area contributed by atoms with Crippen LogP contribution in [0.1, 0.15) is 44.2 Å². The second-order valence-electron chi connectivity index (χ2n) is 10.9. The monoisotopic (exact) mass is 596 g/mol. The lowest BCUT2D eigenvalue weighted by Crippen LogP contribution is -2.03. The van der Waals surface area contributed by atoms with E-state index in [4.69, 9.17) is 13.6 Å². The Morgan fingerprint density at radius 1 is 0.689 bits per heavy atom. The minimum absolute atomic E-state index is 0.121. The molecular formula is C39H32O6. The van der Waals surface area contributed by atoms with Crippen molar-refractivity contribution in [1.82, 2.24) is 0 Å². The first-order chi connectivity index (χ1) is 22.0. The molecule has 6 aromatic rings. The van der Waals surface area contributed by atoms with Gasteiger partial charge in [-0.05, 0) is 88.5 Å². The van der Waals surface area contributed by atoms with E-state index in [1.807, 2.05) is 61.5 Å². The summed E-state index contributed by atoms with van der Waals surface area (Å²) in [6.45, 7) is 4.46. The lowest BCUT2D eigenvalue weighted by atomic mass is 9.96. The highest BCUT2D eigenvalue weighted by Crippen LogP contribution is 2.35. The third-order valence-electron chi connectivity index (χ3n) is 7.80. The number of rotatable bonds is 7. The fraction of sp³-hybridized carbons (Fsp3) is 0.154. The zero-order chi connectivity index (χ0) is 31.3. The molecule has 5 aromatic carbocycles. The number of carbonyl (C=O) groups excluding carboxylic acids is 1. The van der Waals surface area contributed by atoms with Crippen LogP contribution in [0.25, 0.3) is 66.4 Å². The maximum absolute atomic E-state index is 13.5. The number of esters is 1. The average Bonchev–Trinajstić information content (AvgIpc) is 3.05. The van der Waals surface area contributed by atoms with Gasteiger partial charge in [0.15, 0.2) is 0 Å². The zero-order valence-corrected chi connectivity index (χ0v) is 25.2. The molecule has 1 heterocycles. The van der Waals surface area contributed by atoms with Gasteiger partial charge in [0, 0.05) is 16.8 Å². The standard InChI is InChI=1S/C39H32O6/c1-3-5-8-22-43-35(40)21-14-26-13-18-30-28(24-26)16-20-34-37(30)36-29-17-12-25(9-4-2)23-27(29)15-19-33(36)44-38(41)31-10-6-7-11-32(31)39(42)45-34/h4,6-7,9-21,23-24H,3,5,8,22H2,1-2H3/b9-4+,21-14+.